The van der Waals surface area contributed by atoms with Gasteiger partial charge in [-0.05, 0) is 23.9 Å². The van der Waals surface area contributed by atoms with E-state index in [-0.39, 0.29) is 0 Å². The van der Waals surface area contributed by atoms with Gasteiger partial charge in [0, 0.05) is 16.8 Å². The maximum Gasteiger partial charge on any atom is 0.0516 e. The van der Waals surface area contributed by atoms with Gasteiger partial charge in [0.15, 0.2) is 0 Å². The van der Waals surface area contributed by atoms with E-state index >= 15 is 0 Å². The molecule has 1 heterocycles. The van der Waals surface area contributed by atoms with Crippen molar-refractivity contribution in [2.24, 2.45) is 11.3 Å². The second-order valence-electron chi connectivity index (χ2n) is 5.13. The SMILES string of the molecule is CC(CNCc1cc(Cl)cs1)C(C)(C)C. The Morgan fingerprint density at radius 2 is 2.13 bits per heavy atom. The summed E-state index contributed by atoms with van der Waals surface area (Å²) in [6.45, 7) is 11.1. The van der Waals surface area contributed by atoms with Crippen molar-refractivity contribution in [1.29, 1.82) is 0 Å². The average molecular weight is 246 g/mol. The number of thiophene rings is 1. The lowest BCUT2D eigenvalue weighted by Gasteiger charge is -2.27. The van der Waals surface area contributed by atoms with E-state index in [1.165, 1.54) is 4.88 Å². The monoisotopic (exact) mass is 245 g/mol. The van der Waals surface area contributed by atoms with Crippen molar-refractivity contribution >= 4 is 22.9 Å². The molecular weight excluding hydrogens is 226 g/mol. The number of rotatable bonds is 4. The van der Waals surface area contributed by atoms with Crippen LogP contribution in [0.4, 0.5) is 0 Å². The summed E-state index contributed by atoms with van der Waals surface area (Å²) in [4.78, 5) is 1.31. The summed E-state index contributed by atoms with van der Waals surface area (Å²) in [5.41, 5.74) is 0.375. The Kier molecular flexibility index (Phi) is 4.63. The van der Waals surface area contributed by atoms with Gasteiger partial charge in [-0.3, -0.25) is 0 Å². The first-order valence-corrected chi connectivity index (χ1v) is 6.59. The van der Waals surface area contributed by atoms with Crippen LogP contribution >= 0.6 is 22.9 Å². The van der Waals surface area contributed by atoms with Gasteiger partial charge in [0.25, 0.3) is 0 Å². The minimum Gasteiger partial charge on any atom is -0.312 e. The molecule has 1 atom stereocenters. The lowest BCUT2D eigenvalue weighted by Crippen LogP contribution is -2.29. The summed E-state index contributed by atoms with van der Waals surface area (Å²) in [6.07, 6.45) is 0. The quantitative estimate of drug-likeness (QED) is 0.840. The van der Waals surface area contributed by atoms with Crippen molar-refractivity contribution in [3.63, 3.8) is 0 Å². The highest BCUT2D eigenvalue weighted by Crippen LogP contribution is 2.24. The third-order valence-electron chi connectivity index (χ3n) is 2.85. The summed E-state index contributed by atoms with van der Waals surface area (Å²) in [5.74, 6) is 0.674. The number of hydrogen-bond donors (Lipinski definition) is 1. The smallest absolute Gasteiger partial charge is 0.0516 e. The van der Waals surface area contributed by atoms with Crippen molar-refractivity contribution < 1.29 is 0 Å². The molecule has 0 aliphatic carbocycles. The van der Waals surface area contributed by atoms with Crippen LogP contribution in [0.15, 0.2) is 11.4 Å². The first-order chi connectivity index (χ1) is 6.89. The molecule has 1 rings (SSSR count). The van der Waals surface area contributed by atoms with Crippen LogP contribution in [0, 0.1) is 11.3 Å². The molecule has 1 aromatic rings. The van der Waals surface area contributed by atoms with Crippen LogP contribution in [-0.4, -0.2) is 6.54 Å². The first-order valence-electron chi connectivity index (χ1n) is 5.33. The molecule has 1 N–H and O–H groups in total. The third-order valence-corrected chi connectivity index (χ3v) is 4.13. The molecule has 0 saturated heterocycles. The number of nitrogens with one attached hydrogen (secondary N) is 1. The predicted octanol–water partition coefficient (Wildman–Crippen LogP) is 4.17. The molecular formula is C12H20ClNS. The van der Waals surface area contributed by atoms with Gasteiger partial charge in [-0.2, -0.15) is 0 Å². The molecule has 0 saturated carbocycles. The van der Waals surface area contributed by atoms with Crippen LogP contribution in [0.25, 0.3) is 0 Å². The van der Waals surface area contributed by atoms with Crippen LogP contribution in [0.2, 0.25) is 5.02 Å². The standard InChI is InChI=1S/C12H20ClNS/c1-9(12(2,3)4)6-14-7-11-5-10(13)8-15-11/h5,8-9,14H,6-7H2,1-4H3. The number of hydrogen-bond acceptors (Lipinski definition) is 2. The van der Waals surface area contributed by atoms with E-state index in [2.05, 4.69) is 33.0 Å². The fourth-order valence-corrected chi connectivity index (χ4v) is 2.21. The normalized spacial score (nSPS) is 14.2. The van der Waals surface area contributed by atoms with Gasteiger partial charge in [0.05, 0.1) is 5.02 Å². The maximum absolute atomic E-state index is 5.86. The topological polar surface area (TPSA) is 12.0 Å². The molecule has 0 spiro atoms. The van der Waals surface area contributed by atoms with E-state index in [0.29, 0.717) is 11.3 Å². The number of halogens is 1. The van der Waals surface area contributed by atoms with E-state index in [1.807, 2.05) is 11.4 Å². The minimum atomic E-state index is 0.375. The van der Waals surface area contributed by atoms with Gasteiger partial charge >= 0.3 is 0 Å². The van der Waals surface area contributed by atoms with Crippen LogP contribution in [0.3, 0.4) is 0 Å². The summed E-state index contributed by atoms with van der Waals surface area (Å²) in [7, 11) is 0. The Labute approximate surface area is 102 Å². The zero-order valence-corrected chi connectivity index (χ0v) is 11.5. The van der Waals surface area contributed by atoms with Gasteiger partial charge in [0.2, 0.25) is 0 Å². The van der Waals surface area contributed by atoms with Gasteiger partial charge in [-0.1, -0.05) is 39.3 Å². The highest BCUT2D eigenvalue weighted by Gasteiger charge is 2.19. The molecule has 0 amide bonds. The molecule has 0 fully saturated rings. The van der Waals surface area contributed by atoms with Crippen molar-refractivity contribution in [3.05, 3.63) is 21.3 Å². The minimum absolute atomic E-state index is 0.375. The van der Waals surface area contributed by atoms with Gasteiger partial charge in [-0.15, -0.1) is 11.3 Å². The molecule has 1 nitrogen and oxygen atoms in total. The Morgan fingerprint density at radius 1 is 1.47 bits per heavy atom. The van der Waals surface area contributed by atoms with Gasteiger partial charge in [-0.25, -0.2) is 0 Å². The highest BCUT2D eigenvalue weighted by atomic mass is 35.5. The summed E-state index contributed by atoms with van der Waals surface area (Å²) >= 11 is 7.57. The van der Waals surface area contributed by atoms with E-state index < -0.39 is 0 Å². The average Bonchev–Trinajstić information content (AvgIpc) is 2.49. The molecule has 15 heavy (non-hydrogen) atoms. The molecule has 3 heteroatoms. The zero-order chi connectivity index (χ0) is 11.5. The zero-order valence-electron chi connectivity index (χ0n) is 9.93. The third kappa shape index (κ3) is 4.54. The fraction of sp³-hybridized carbons (Fsp3) is 0.667. The van der Waals surface area contributed by atoms with Crippen molar-refractivity contribution in [1.82, 2.24) is 5.32 Å². The first kappa shape index (κ1) is 13.0. The van der Waals surface area contributed by atoms with E-state index in [9.17, 15) is 0 Å². The predicted molar refractivity (Wildman–Crippen MR) is 69.7 cm³/mol. The van der Waals surface area contributed by atoms with Crippen LogP contribution in [0.5, 0.6) is 0 Å². The Hall–Kier alpha value is -0.0500. The summed E-state index contributed by atoms with van der Waals surface area (Å²) in [6, 6.07) is 2.03. The molecule has 0 aromatic carbocycles. The molecule has 86 valence electrons. The highest BCUT2D eigenvalue weighted by molar-refractivity contribution is 7.10. The van der Waals surface area contributed by atoms with Crippen molar-refractivity contribution in [2.75, 3.05) is 6.54 Å². The van der Waals surface area contributed by atoms with Gasteiger partial charge in [0.1, 0.15) is 0 Å². The van der Waals surface area contributed by atoms with Crippen molar-refractivity contribution in [3.8, 4) is 0 Å². The maximum atomic E-state index is 5.86. The molecule has 0 radical (unpaired) electrons. The molecule has 0 aliphatic heterocycles. The molecule has 1 unspecified atom stereocenters. The van der Waals surface area contributed by atoms with Gasteiger partial charge < -0.3 is 5.32 Å². The lowest BCUT2D eigenvalue weighted by atomic mass is 9.82. The van der Waals surface area contributed by atoms with Crippen LogP contribution in [0.1, 0.15) is 32.6 Å². The van der Waals surface area contributed by atoms with Crippen LogP contribution in [-0.2, 0) is 6.54 Å². The Morgan fingerprint density at radius 3 is 2.60 bits per heavy atom. The van der Waals surface area contributed by atoms with E-state index in [4.69, 9.17) is 11.6 Å². The summed E-state index contributed by atoms with van der Waals surface area (Å²) in [5, 5.41) is 6.30. The largest absolute Gasteiger partial charge is 0.312 e. The Bertz CT molecular complexity index is 301. The summed E-state index contributed by atoms with van der Waals surface area (Å²) < 4.78 is 0. The molecule has 0 bridgehead atoms. The van der Waals surface area contributed by atoms with Crippen molar-refractivity contribution in [2.45, 2.75) is 34.2 Å². The van der Waals surface area contributed by atoms with E-state index in [0.717, 1.165) is 18.1 Å². The molecule has 0 aliphatic rings. The molecule has 1 aromatic heterocycles. The van der Waals surface area contributed by atoms with Crippen LogP contribution < -0.4 is 5.32 Å². The second kappa shape index (κ2) is 5.33. The second-order valence-corrected chi connectivity index (χ2v) is 6.56. The fourth-order valence-electron chi connectivity index (χ4n) is 1.16. The lowest BCUT2D eigenvalue weighted by molar-refractivity contribution is 0.253. The van der Waals surface area contributed by atoms with E-state index in [1.54, 1.807) is 11.3 Å². The Balaban J connectivity index is 2.28.